The summed E-state index contributed by atoms with van der Waals surface area (Å²) in [7, 11) is 0. The van der Waals surface area contributed by atoms with E-state index in [2.05, 4.69) is 11.1 Å². The number of hydrogen-bond donors (Lipinski definition) is 2. The first kappa shape index (κ1) is 17.5. The molecule has 28 heavy (non-hydrogen) atoms. The third kappa shape index (κ3) is 2.37. The van der Waals surface area contributed by atoms with Crippen LogP contribution in [0, 0.1) is 0 Å². The van der Waals surface area contributed by atoms with Crippen LogP contribution < -0.4 is 0 Å². The van der Waals surface area contributed by atoms with Crippen molar-refractivity contribution in [3.05, 3.63) is 46.7 Å². The van der Waals surface area contributed by atoms with E-state index in [1.807, 2.05) is 36.9 Å². The van der Waals surface area contributed by atoms with Crippen LogP contribution in [0.4, 0.5) is 0 Å². The molecule has 2 saturated heterocycles. The smallest absolute Gasteiger partial charge is 0.246 e. The van der Waals surface area contributed by atoms with E-state index < -0.39 is 6.04 Å². The number of nitrogens with zero attached hydrogens (tertiary/aromatic N) is 2. The van der Waals surface area contributed by atoms with Gasteiger partial charge in [-0.25, -0.2) is 0 Å². The zero-order chi connectivity index (χ0) is 19.6. The topological polar surface area (TPSA) is 76.6 Å². The van der Waals surface area contributed by atoms with Crippen molar-refractivity contribution in [1.29, 1.82) is 0 Å². The molecule has 2 amide bonds. The number of aliphatic hydroxyl groups excluding tert-OH is 1. The highest BCUT2D eigenvalue weighted by Crippen LogP contribution is 2.42. The highest BCUT2D eigenvalue weighted by Gasteiger charge is 2.52. The fourth-order valence-electron chi connectivity index (χ4n) is 5.15. The minimum absolute atomic E-state index is 0.0145. The second kappa shape index (κ2) is 6.21. The maximum Gasteiger partial charge on any atom is 0.246 e. The summed E-state index contributed by atoms with van der Waals surface area (Å²) in [4.78, 5) is 33.7. The number of aromatic nitrogens is 1. The molecule has 3 aliphatic heterocycles. The van der Waals surface area contributed by atoms with Gasteiger partial charge in [-0.05, 0) is 43.9 Å². The number of aliphatic hydroxyl groups is 1. The molecular formula is C22H25N3O3. The second-order valence-corrected chi connectivity index (χ2v) is 8.40. The Labute approximate surface area is 163 Å². The van der Waals surface area contributed by atoms with Gasteiger partial charge in [0.05, 0.1) is 12.6 Å². The third-order valence-electron chi connectivity index (χ3n) is 6.37. The molecule has 146 valence electrons. The number of allylic oxidation sites excluding steroid dienone is 1. The number of benzene rings is 1. The molecule has 2 aromatic rings. The number of piperazine rings is 1. The van der Waals surface area contributed by atoms with Crippen LogP contribution in [0.25, 0.3) is 10.9 Å². The molecule has 1 aromatic heterocycles. The molecule has 0 unspecified atom stereocenters. The molecule has 2 N–H and O–H groups in total. The Morgan fingerprint density at radius 1 is 1.25 bits per heavy atom. The molecule has 0 bridgehead atoms. The highest BCUT2D eigenvalue weighted by molar-refractivity contribution is 5.99. The molecule has 6 heteroatoms. The van der Waals surface area contributed by atoms with Crippen LogP contribution in [0.3, 0.4) is 0 Å². The lowest BCUT2D eigenvalue weighted by atomic mass is 9.87. The second-order valence-electron chi connectivity index (χ2n) is 8.40. The van der Waals surface area contributed by atoms with Crippen molar-refractivity contribution in [1.82, 2.24) is 14.8 Å². The Balaban J connectivity index is 1.70. The van der Waals surface area contributed by atoms with Crippen molar-refractivity contribution in [3.63, 3.8) is 0 Å². The molecule has 3 atom stereocenters. The van der Waals surface area contributed by atoms with Gasteiger partial charge in [0.25, 0.3) is 0 Å². The van der Waals surface area contributed by atoms with Crippen LogP contribution in [0.15, 0.2) is 29.8 Å². The number of fused-ring (bicyclic) bond motifs is 5. The number of rotatable bonds is 2. The van der Waals surface area contributed by atoms with E-state index in [9.17, 15) is 14.7 Å². The fourth-order valence-corrected chi connectivity index (χ4v) is 5.15. The highest BCUT2D eigenvalue weighted by atomic mass is 16.3. The van der Waals surface area contributed by atoms with E-state index in [4.69, 9.17) is 0 Å². The van der Waals surface area contributed by atoms with Crippen LogP contribution in [0.1, 0.15) is 49.6 Å². The molecule has 2 fully saturated rings. The summed E-state index contributed by atoms with van der Waals surface area (Å²) in [5.41, 5.74) is 5.01. The lowest BCUT2D eigenvalue weighted by molar-refractivity contribution is -0.162. The zero-order valence-corrected chi connectivity index (χ0v) is 16.2. The monoisotopic (exact) mass is 379 g/mol. The maximum atomic E-state index is 13.4. The van der Waals surface area contributed by atoms with Gasteiger partial charge in [-0.1, -0.05) is 23.8 Å². The average molecular weight is 379 g/mol. The normalized spacial score (nSPS) is 26.3. The van der Waals surface area contributed by atoms with E-state index in [0.717, 1.165) is 46.1 Å². The first-order valence-corrected chi connectivity index (χ1v) is 10.0. The van der Waals surface area contributed by atoms with Gasteiger partial charge in [-0.2, -0.15) is 0 Å². The Bertz CT molecular complexity index is 1020. The Kier molecular flexibility index (Phi) is 3.88. The van der Waals surface area contributed by atoms with Gasteiger partial charge in [-0.15, -0.1) is 0 Å². The Hall–Kier alpha value is -2.60. The number of nitrogens with one attached hydrogen (secondary N) is 1. The van der Waals surface area contributed by atoms with Crippen LogP contribution >= 0.6 is 0 Å². The minimum atomic E-state index is -0.438. The zero-order valence-electron chi connectivity index (χ0n) is 16.2. The summed E-state index contributed by atoms with van der Waals surface area (Å²) in [5.74, 6) is 0.159. The van der Waals surface area contributed by atoms with Crippen molar-refractivity contribution in [2.45, 2.75) is 57.8 Å². The van der Waals surface area contributed by atoms with Crippen molar-refractivity contribution < 1.29 is 14.7 Å². The quantitative estimate of drug-likeness (QED) is 0.787. The van der Waals surface area contributed by atoms with Gasteiger partial charge in [0.1, 0.15) is 12.1 Å². The molecule has 5 rings (SSSR count). The molecular weight excluding hydrogens is 354 g/mol. The predicted octanol–water partition coefficient (Wildman–Crippen LogP) is 2.43. The van der Waals surface area contributed by atoms with E-state index in [1.54, 1.807) is 4.90 Å². The van der Waals surface area contributed by atoms with Crippen molar-refractivity contribution >= 4 is 22.7 Å². The van der Waals surface area contributed by atoms with Crippen molar-refractivity contribution in [3.8, 4) is 0 Å². The summed E-state index contributed by atoms with van der Waals surface area (Å²) < 4.78 is 0. The summed E-state index contributed by atoms with van der Waals surface area (Å²) in [6.45, 7) is 4.72. The number of hydrogen-bond acceptors (Lipinski definition) is 3. The molecule has 4 heterocycles. The van der Waals surface area contributed by atoms with Crippen molar-refractivity contribution in [2.24, 2.45) is 0 Å². The summed E-state index contributed by atoms with van der Waals surface area (Å²) >= 11 is 0. The number of aromatic amines is 1. The first-order valence-electron chi connectivity index (χ1n) is 10.0. The minimum Gasteiger partial charge on any atom is -0.392 e. The predicted molar refractivity (Wildman–Crippen MR) is 105 cm³/mol. The molecule has 3 aliphatic rings. The standard InChI is InChI=1S/C22H25N3O3/c1-12(2)8-18-20-15(14-6-5-13(11-26)9-16(14)23-20)10-19-21(27)24-7-3-4-17(24)22(28)25(18)19/h5-6,8-9,17-19,23,26H,3-4,7,10-11H2,1-2H3/t17-,18-,19-/m0/s1. The summed E-state index contributed by atoms with van der Waals surface area (Å²) in [6, 6.07) is 4.88. The molecule has 0 spiro atoms. The summed E-state index contributed by atoms with van der Waals surface area (Å²) in [5, 5.41) is 10.5. The first-order chi connectivity index (χ1) is 13.5. The fraction of sp³-hybridized carbons (Fsp3) is 0.455. The largest absolute Gasteiger partial charge is 0.392 e. The van der Waals surface area contributed by atoms with E-state index in [-0.39, 0.29) is 30.5 Å². The van der Waals surface area contributed by atoms with Gasteiger partial charge in [-0.3, -0.25) is 9.59 Å². The van der Waals surface area contributed by atoms with Crippen LogP contribution in [0.5, 0.6) is 0 Å². The van der Waals surface area contributed by atoms with E-state index >= 15 is 0 Å². The van der Waals surface area contributed by atoms with Gasteiger partial charge in [0.2, 0.25) is 11.8 Å². The van der Waals surface area contributed by atoms with E-state index in [0.29, 0.717) is 13.0 Å². The number of carbonyl (C=O) groups excluding carboxylic acids is 2. The Morgan fingerprint density at radius 3 is 2.82 bits per heavy atom. The third-order valence-corrected chi connectivity index (χ3v) is 6.37. The van der Waals surface area contributed by atoms with Gasteiger partial charge in [0.15, 0.2) is 0 Å². The van der Waals surface area contributed by atoms with Crippen LogP contribution in [-0.4, -0.2) is 50.3 Å². The molecule has 0 radical (unpaired) electrons. The lowest BCUT2D eigenvalue weighted by Gasteiger charge is -2.47. The van der Waals surface area contributed by atoms with Crippen molar-refractivity contribution in [2.75, 3.05) is 6.54 Å². The maximum absolute atomic E-state index is 13.4. The van der Waals surface area contributed by atoms with Gasteiger partial charge >= 0.3 is 0 Å². The lowest BCUT2D eigenvalue weighted by Crippen LogP contribution is -2.65. The number of carbonyl (C=O) groups is 2. The van der Waals surface area contributed by atoms with Gasteiger partial charge in [0, 0.05) is 29.6 Å². The van der Waals surface area contributed by atoms with E-state index in [1.165, 1.54) is 0 Å². The van der Waals surface area contributed by atoms with Crippen LogP contribution in [-0.2, 0) is 22.6 Å². The SMILES string of the molecule is CC(C)=C[C@H]1c2[nH]c3cc(CO)ccc3c2C[C@H]2C(=O)N3CCC[C@H]3C(=O)N21. The number of amides is 2. The molecule has 1 aromatic carbocycles. The van der Waals surface area contributed by atoms with Gasteiger partial charge < -0.3 is 19.9 Å². The number of H-pyrrole nitrogens is 1. The molecule has 6 nitrogen and oxygen atoms in total. The average Bonchev–Trinajstić information content (AvgIpc) is 3.30. The molecule has 0 saturated carbocycles. The van der Waals surface area contributed by atoms with Crippen LogP contribution in [0.2, 0.25) is 0 Å². The summed E-state index contributed by atoms with van der Waals surface area (Å²) in [6.07, 6.45) is 4.28. The Morgan fingerprint density at radius 2 is 2.07 bits per heavy atom. The molecule has 0 aliphatic carbocycles.